The van der Waals surface area contributed by atoms with Gasteiger partial charge in [0.1, 0.15) is 5.75 Å². The number of piperidine rings is 1. The minimum absolute atomic E-state index is 0.282. The summed E-state index contributed by atoms with van der Waals surface area (Å²) in [4.78, 5) is 7.09. The van der Waals surface area contributed by atoms with Crippen LogP contribution in [-0.4, -0.2) is 47.6 Å². The Morgan fingerprint density at radius 2 is 2.05 bits per heavy atom. The Bertz CT molecular complexity index is 479. The molecule has 2 rings (SSSR count). The molecule has 1 aromatic heterocycles. The van der Waals surface area contributed by atoms with E-state index in [0.29, 0.717) is 0 Å². The third-order valence-corrected chi connectivity index (χ3v) is 6.14. The average molecular weight is 309 g/mol. The molecule has 1 saturated heterocycles. The molecular formula is C16H27N3OS. The van der Waals surface area contributed by atoms with E-state index in [-0.39, 0.29) is 4.75 Å². The van der Waals surface area contributed by atoms with E-state index in [4.69, 9.17) is 10.5 Å². The van der Waals surface area contributed by atoms with Gasteiger partial charge in [-0.1, -0.05) is 0 Å². The van der Waals surface area contributed by atoms with Crippen molar-refractivity contribution in [1.29, 1.82) is 0 Å². The fraction of sp³-hybridized carbons (Fsp3) is 0.688. The van der Waals surface area contributed by atoms with E-state index in [1.807, 2.05) is 24.9 Å². The monoisotopic (exact) mass is 309 g/mol. The number of rotatable bonds is 5. The van der Waals surface area contributed by atoms with Crippen molar-refractivity contribution in [3.63, 3.8) is 0 Å². The Morgan fingerprint density at radius 3 is 2.57 bits per heavy atom. The number of hydrogen-bond acceptors (Lipinski definition) is 5. The van der Waals surface area contributed by atoms with Crippen molar-refractivity contribution < 1.29 is 4.74 Å². The highest BCUT2D eigenvalue weighted by Crippen LogP contribution is 2.34. The van der Waals surface area contributed by atoms with Crippen LogP contribution in [0, 0.1) is 13.8 Å². The Labute approximate surface area is 132 Å². The molecule has 0 spiro atoms. The van der Waals surface area contributed by atoms with E-state index in [9.17, 15) is 0 Å². The van der Waals surface area contributed by atoms with Gasteiger partial charge in [-0.15, -0.1) is 0 Å². The van der Waals surface area contributed by atoms with Gasteiger partial charge in [0.05, 0.1) is 12.8 Å². The van der Waals surface area contributed by atoms with Gasteiger partial charge in [-0.05, 0) is 46.0 Å². The lowest BCUT2D eigenvalue weighted by Crippen LogP contribution is -2.46. The highest BCUT2D eigenvalue weighted by atomic mass is 32.2. The van der Waals surface area contributed by atoms with Crippen molar-refractivity contribution in [2.45, 2.75) is 38.0 Å². The van der Waals surface area contributed by atoms with Gasteiger partial charge < -0.3 is 10.5 Å². The highest BCUT2D eigenvalue weighted by Gasteiger charge is 2.32. The molecule has 1 aliphatic rings. The molecule has 2 heterocycles. The zero-order valence-electron chi connectivity index (χ0n) is 13.6. The maximum atomic E-state index is 5.96. The van der Waals surface area contributed by atoms with E-state index >= 15 is 0 Å². The maximum Gasteiger partial charge on any atom is 0.128 e. The SMILES string of the molecule is COc1c(C)cnc(CN2CCC(CN)(SC)CC2)c1C. The first-order chi connectivity index (χ1) is 10.0. The number of hydrogen-bond donors (Lipinski definition) is 1. The summed E-state index contributed by atoms with van der Waals surface area (Å²) in [6.07, 6.45) is 6.41. The molecule has 0 aliphatic carbocycles. The molecular weight excluding hydrogens is 282 g/mol. The van der Waals surface area contributed by atoms with Crippen molar-refractivity contribution in [1.82, 2.24) is 9.88 Å². The number of nitrogens with zero attached hydrogens (tertiary/aromatic N) is 2. The Hall–Kier alpha value is -0.780. The van der Waals surface area contributed by atoms with Crippen molar-refractivity contribution in [3.05, 3.63) is 23.0 Å². The summed E-state index contributed by atoms with van der Waals surface area (Å²) in [6.45, 7) is 8.00. The molecule has 0 aromatic carbocycles. The van der Waals surface area contributed by atoms with Gasteiger partial charge in [0.15, 0.2) is 0 Å². The Balaban J connectivity index is 2.04. The standard InChI is InChI=1S/C16H27N3OS/c1-12-9-18-14(13(2)15(12)20-3)10-19-7-5-16(11-17,21-4)6-8-19/h9H,5-8,10-11,17H2,1-4H3. The largest absolute Gasteiger partial charge is 0.496 e. The molecule has 0 unspecified atom stereocenters. The molecule has 1 aliphatic heterocycles. The molecule has 1 fully saturated rings. The summed E-state index contributed by atoms with van der Waals surface area (Å²) >= 11 is 1.93. The number of thioether (sulfide) groups is 1. The molecule has 2 N–H and O–H groups in total. The maximum absolute atomic E-state index is 5.96. The number of nitrogens with two attached hydrogens (primary N) is 1. The number of aryl methyl sites for hydroxylation is 1. The van der Waals surface area contributed by atoms with Crippen molar-refractivity contribution in [2.24, 2.45) is 5.73 Å². The summed E-state index contributed by atoms with van der Waals surface area (Å²) in [7, 11) is 1.73. The number of aromatic nitrogens is 1. The molecule has 5 heteroatoms. The van der Waals surface area contributed by atoms with Crippen molar-refractivity contribution in [2.75, 3.05) is 33.0 Å². The number of pyridine rings is 1. The van der Waals surface area contributed by atoms with Crippen LogP contribution in [0.15, 0.2) is 6.20 Å². The van der Waals surface area contributed by atoms with E-state index in [1.54, 1.807) is 7.11 Å². The van der Waals surface area contributed by atoms with E-state index in [1.165, 1.54) is 0 Å². The number of methoxy groups -OCH3 is 1. The summed E-state index contributed by atoms with van der Waals surface area (Å²) in [5.41, 5.74) is 9.35. The highest BCUT2D eigenvalue weighted by molar-refractivity contribution is 8.00. The van der Waals surface area contributed by atoms with E-state index < -0.39 is 0 Å². The van der Waals surface area contributed by atoms with Gasteiger partial charge in [0, 0.05) is 35.2 Å². The van der Waals surface area contributed by atoms with Crippen LogP contribution in [0.1, 0.15) is 29.7 Å². The van der Waals surface area contributed by atoms with Crippen LogP contribution < -0.4 is 10.5 Å². The summed E-state index contributed by atoms with van der Waals surface area (Å²) in [6, 6.07) is 0. The van der Waals surface area contributed by atoms with Gasteiger partial charge >= 0.3 is 0 Å². The Kier molecular flexibility index (Phi) is 5.52. The minimum Gasteiger partial charge on any atom is -0.496 e. The summed E-state index contributed by atoms with van der Waals surface area (Å²) in [5, 5.41) is 0. The van der Waals surface area contributed by atoms with Crippen molar-refractivity contribution in [3.8, 4) is 5.75 Å². The zero-order chi connectivity index (χ0) is 15.5. The van der Waals surface area contributed by atoms with E-state index in [2.05, 4.69) is 23.1 Å². The lowest BCUT2D eigenvalue weighted by molar-refractivity contribution is 0.192. The summed E-state index contributed by atoms with van der Waals surface area (Å²) < 4.78 is 5.78. The zero-order valence-corrected chi connectivity index (χ0v) is 14.4. The molecule has 0 atom stereocenters. The predicted octanol–water partition coefficient (Wildman–Crippen LogP) is 2.36. The molecule has 118 valence electrons. The molecule has 0 radical (unpaired) electrons. The molecule has 0 bridgehead atoms. The second kappa shape index (κ2) is 6.99. The van der Waals surface area contributed by atoms with Gasteiger partial charge in [-0.2, -0.15) is 11.8 Å². The first-order valence-corrected chi connectivity index (χ1v) is 8.74. The quantitative estimate of drug-likeness (QED) is 0.905. The first-order valence-electron chi connectivity index (χ1n) is 7.52. The number of likely N-dealkylation sites (tertiary alicyclic amines) is 1. The van der Waals surface area contributed by atoms with Gasteiger partial charge in [0.2, 0.25) is 0 Å². The molecule has 21 heavy (non-hydrogen) atoms. The molecule has 0 amide bonds. The predicted molar refractivity (Wildman–Crippen MR) is 90.1 cm³/mol. The smallest absolute Gasteiger partial charge is 0.128 e. The van der Waals surface area contributed by atoms with Gasteiger partial charge in [-0.3, -0.25) is 9.88 Å². The molecule has 4 nitrogen and oxygen atoms in total. The molecule has 0 saturated carbocycles. The van der Waals surface area contributed by atoms with Crippen LogP contribution >= 0.6 is 11.8 Å². The minimum atomic E-state index is 0.282. The second-order valence-electron chi connectivity index (χ2n) is 5.91. The third-order valence-electron chi connectivity index (χ3n) is 4.70. The Morgan fingerprint density at radius 1 is 1.38 bits per heavy atom. The lowest BCUT2D eigenvalue weighted by Gasteiger charge is -2.40. The van der Waals surface area contributed by atoms with Crippen LogP contribution in [0.5, 0.6) is 5.75 Å². The van der Waals surface area contributed by atoms with Crippen LogP contribution in [-0.2, 0) is 6.54 Å². The number of ether oxygens (including phenoxy) is 1. The first kappa shape index (κ1) is 16.6. The normalized spacial score (nSPS) is 18.7. The summed E-state index contributed by atoms with van der Waals surface area (Å²) in [5.74, 6) is 0.970. The topological polar surface area (TPSA) is 51.4 Å². The van der Waals surface area contributed by atoms with E-state index in [0.717, 1.165) is 61.6 Å². The second-order valence-corrected chi connectivity index (χ2v) is 7.19. The lowest BCUT2D eigenvalue weighted by atomic mass is 9.95. The fourth-order valence-corrected chi connectivity index (χ4v) is 3.81. The van der Waals surface area contributed by atoms with Crippen LogP contribution in [0.25, 0.3) is 0 Å². The average Bonchev–Trinajstić information content (AvgIpc) is 2.52. The molecule has 1 aromatic rings. The van der Waals surface area contributed by atoms with Crippen LogP contribution in [0.2, 0.25) is 0 Å². The third kappa shape index (κ3) is 3.52. The van der Waals surface area contributed by atoms with Crippen molar-refractivity contribution >= 4 is 11.8 Å². The van der Waals surface area contributed by atoms with Gasteiger partial charge in [-0.25, -0.2) is 0 Å². The van der Waals surface area contributed by atoms with Gasteiger partial charge in [0.25, 0.3) is 0 Å². The van der Waals surface area contributed by atoms with Crippen LogP contribution in [0.3, 0.4) is 0 Å². The van der Waals surface area contributed by atoms with Crippen LogP contribution in [0.4, 0.5) is 0 Å². The fourth-order valence-electron chi connectivity index (χ4n) is 3.05.